The lowest BCUT2D eigenvalue weighted by atomic mass is 10.0. The van der Waals surface area contributed by atoms with Gasteiger partial charge in [-0.1, -0.05) is 58.3 Å². The van der Waals surface area contributed by atoms with Crippen molar-refractivity contribution in [3.8, 4) is 5.75 Å². The minimum absolute atomic E-state index is 0.171. The van der Waals surface area contributed by atoms with Gasteiger partial charge in [0.15, 0.2) is 5.78 Å². The Morgan fingerprint density at radius 3 is 2.24 bits per heavy atom. The van der Waals surface area contributed by atoms with Crippen LogP contribution in [0.3, 0.4) is 0 Å². The Labute approximate surface area is 129 Å². The lowest BCUT2D eigenvalue weighted by molar-refractivity contribution is 0.0978. The lowest BCUT2D eigenvalue weighted by Crippen LogP contribution is -2.00. The normalized spacial score (nSPS) is 10.6. The van der Waals surface area contributed by atoms with Gasteiger partial charge in [0.25, 0.3) is 0 Å². The molecule has 0 aliphatic heterocycles. The maximum atomic E-state index is 12.0. The summed E-state index contributed by atoms with van der Waals surface area (Å²) < 4.78 is 5.09. The van der Waals surface area contributed by atoms with Gasteiger partial charge in [-0.3, -0.25) is 9.78 Å². The molecule has 1 aromatic heterocycles. The number of hydrogen-bond donors (Lipinski definition) is 0. The van der Waals surface area contributed by atoms with Crippen LogP contribution in [-0.2, 0) is 0 Å². The molecule has 21 heavy (non-hydrogen) atoms. The van der Waals surface area contributed by atoms with Crippen LogP contribution >= 0.6 is 0 Å². The molecule has 0 saturated carbocycles. The topological polar surface area (TPSA) is 39.2 Å². The number of carbonyl (C=O) groups is 1. The summed E-state index contributed by atoms with van der Waals surface area (Å²) in [6, 6.07) is 1.77. The molecule has 1 heterocycles. The van der Waals surface area contributed by atoms with Gasteiger partial charge in [0.1, 0.15) is 5.75 Å². The first-order chi connectivity index (χ1) is 10.3. The highest BCUT2D eigenvalue weighted by atomic mass is 16.5. The highest BCUT2D eigenvalue weighted by Gasteiger charge is 2.07. The van der Waals surface area contributed by atoms with Crippen molar-refractivity contribution < 1.29 is 9.53 Å². The first kappa shape index (κ1) is 17.7. The van der Waals surface area contributed by atoms with E-state index in [1.807, 2.05) is 0 Å². The third-order valence-corrected chi connectivity index (χ3v) is 3.78. The summed E-state index contributed by atoms with van der Waals surface area (Å²) in [7, 11) is 1.59. The monoisotopic (exact) mass is 291 g/mol. The Hall–Kier alpha value is -1.38. The second-order valence-corrected chi connectivity index (χ2v) is 5.62. The van der Waals surface area contributed by atoms with Gasteiger partial charge in [0.2, 0.25) is 0 Å². The fraction of sp³-hybridized carbons (Fsp3) is 0.667. The van der Waals surface area contributed by atoms with Crippen molar-refractivity contribution >= 4 is 5.78 Å². The molecule has 0 spiro atoms. The summed E-state index contributed by atoms with van der Waals surface area (Å²) in [5.41, 5.74) is 0.661. The van der Waals surface area contributed by atoms with Crippen molar-refractivity contribution in [2.24, 2.45) is 0 Å². The molecule has 0 amide bonds. The molecule has 3 heteroatoms. The molecule has 0 atom stereocenters. The van der Waals surface area contributed by atoms with Gasteiger partial charge in [-0.05, 0) is 12.5 Å². The van der Waals surface area contributed by atoms with E-state index in [2.05, 4.69) is 11.9 Å². The number of ketones is 1. The smallest absolute Gasteiger partial charge is 0.164 e. The van der Waals surface area contributed by atoms with Crippen molar-refractivity contribution in [3.05, 3.63) is 24.0 Å². The zero-order chi connectivity index (χ0) is 15.3. The predicted molar refractivity (Wildman–Crippen MR) is 87.0 cm³/mol. The van der Waals surface area contributed by atoms with Crippen molar-refractivity contribution in [2.45, 2.75) is 71.1 Å². The number of ether oxygens (including phenoxy) is 1. The quantitative estimate of drug-likeness (QED) is 0.393. The van der Waals surface area contributed by atoms with Crippen LogP contribution in [0.25, 0.3) is 0 Å². The molecule has 118 valence electrons. The van der Waals surface area contributed by atoms with Crippen LogP contribution in [0.1, 0.15) is 81.5 Å². The molecule has 0 saturated heterocycles. The second kappa shape index (κ2) is 11.3. The number of hydrogen-bond acceptors (Lipinski definition) is 3. The molecule has 0 fully saturated rings. The van der Waals surface area contributed by atoms with Crippen LogP contribution in [-0.4, -0.2) is 17.9 Å². The van der Waals surface area contributed by atoms with Crippen LogP contribution in [0.4, 0.5) is 0 Å². The zero-order valence-corrected chi connectivity index (χ0v) is 13.6. The fourth-order valence-electron chi connectivity index (χ4n) is 2.42. The minimum Gasteiger partial charge on any atom is -0.495 e. The number of rotatable bonds is 12. The van der Waals surface area contributed by atoms with Crippen LogP contribution < -0.4 is 4.74 Å². The van der Waals surface area contributed by atoms with E-state index in [1.54, 1.807) is 25.6 Å². The molecule has 0 aromatic carbocycles. The number of aromatic nitrogens is 1. The SMILES string of the molecule is CCCCCCCCCCCC(=O)c1cncc(OC)c1. The van der Waals surface area contributed by atoms with Crippen molar-refractivity contribution in [1.82, 2.24) is 4.98 Å². The summed E-state index contributed by atoms with van der Waals surface area (Å²) in [5, 5.41) is 0. The van der Waals surface area contributed by atoms with Gasteiger partial charge in [-0.15, -0.1) is 0 Å². The van der Waals surface area contributed by atoms with Crippen molar-refractivity contribution in [1.29, 1.82) is 0 Å². The average Bonchev–Trinajstić information content (AvgIpc) is 2.53. The molecular weight excluding hydrogens is 262 g/mol. The number of nitrogens with zero attached hydrogens (tertiary/aromatic N) is 1. The Morgan fingerprint density at radius 1 is 1.00 bits per heavy atom. The molecule has 0 radical (unpaired) electrons. The fourth-order valence-corrected chi connectivity index (χ4v) is 2.42. The second-order valence-electron chi connectivity index (χ2n) is 5.62. The molecule has 0 aliphatic rings. The molecule has 0 aliphatic carbocycles. The van der Waals surface area contributed by atoms with Crippen LogP contribution in [0.5, 0.6) is 5.75 Å². The van der Waals surface area contributed by atoms with E-state index in [1.165, 1.54) is 44.9 Å². The van der Waals surface area contributed by atoms with Gasteiger partial charge >= 0.3 is 0 Å². The van der Waals surface area contributed by atoms with E-state index >= 15 is 0 Å². The summed E-state index contributed by atoms with van der Waals surface area (Å²) in [4.78, 5) is 16.0. The van der Waals surface area contributed by atoms with Gasteiger partial charge in [-0.25, -0.2) is 0 Å². The van der Waals surface area contributed by atoms with Gasteiger partial charge in [-0.2, -0.15) is 0 Å². The Balaban J connectivity index is 2.08. The van der Waals surface area contributed by atoms with E-state index in [9.17, 15) is 4.79 Å². The van der Waals surface area contributed by atoms with Crippen molar-refractivity contribution in [3.63, 3.8) is 0 Å². The molecule has 0 unspecified atom stereocenters. The van der Waals surface area contributed by atoms with Gasteiger partial charge < -0.3 is 4.74 Å². The van der Waals surface area contributed by atoms with Crippen LogP contribution in [0, 0.1) is 0 Å². The summed E-state index contributed by atoms with van der Waals surface area (Å²) in [5.74, 6) is 0.817. The maximum absolute atomic E-state index is 12.0. The Morgan fingerprint density at radius 2 is 1.62 bits per heavy atom. The lowest BCUT2D eigenvalue weighted by Gasteiger charge is -2.04. The van der Waals surface area contributed by atoms with Gasteiger partial charge in [0, 0.05) is 18.2 Å². The largest absolute Gasteiger partial charge is 0.495 e. The highest BCUT2D eigenvalue weighted by Crippen LogP contribution is 2.15. The number of methoxy groups -OCH3 is 1. The highest BCUT2D eigenvalue weighted by molar-refractivity contribution is 5.96. The first-order valence-corrected chi connectivity index (χ1v) is 8.30. The molecule has 3 nitrogen and oxygen atoms in total. The Bertz CT molecular complexity index is 404. The molecule has 0 N–H and O–H groups in total. The van der Waals surface area contributed by atoms with Crippen molar-refractivity contribution in [2.75, 3.05) is 7.11 Å². The third kappa shape index (κ3) is 7.84. The molecule has 0 bridgehead atoms. The average molecular weight is 291 g/mol. The number of Topliss-reactive ketones (excluding diaryl/α,β-unsaturated/α-hetero) is 1. The van der Waals surface area contributed by atoms with Gasteiger partial charge in [0.05, 0.1) is 13.3 Å². The predicted octanol–water partition coefficient (Wildman–Crippen LogP) is 5.19. The van der Waals surface area contributed by atoms with Crippen LogP contribution in [0.2, 0.25) is 0 Å². The first-order valence-electron chi connectivity index (χ1n) is 8.30. The number of carbonyl (C=O) groups excluding carboxylic acids is 1. The zero-order valence-electron chi connectivity index (χ0n) is 13.6. The third-order valence-electron chi connectivity index (χ3n) is 3.78. The summed E-state index contributed by atoms with van der Waals surface area (Å²) in [6.45, 7) is 2.24. The minimum atomic E-state index is 0.171. The van der Waals surface area contributed by atoms with E-state index in [-0.39, 0.29) is 5.78 Å². The standard InChI is InChI=1S/C18H29NO2/c1-3-4-5-6-7-8-9-10-11-12-18(20)16-13-17(21-2)15-19-14-16/h13-15H,3-12H2,1-2H3. The van der Waals surface area contributed by atoms with Crippen LogP contribution in [0.15, 0.2) is 18.5 Å². The van der Waals surface area contributed by atoms with E-state index in [4.69, 9.17) is 4.74 Å². The summed E-state index contributed by atoms with van der Waals surface area (Å²) >= 11 is 0. The van der Waals surface area contributed by atoms with E-state index in [0.29, 0.717) is 17.7 Å². The molecule has 1 rings (SSSR count). The number of unbranched alkanes of at least 4 members (excludes halogenated alkanes) is 8. The summed E-state index contributed by atoms with van der Waals surface area (Å²) in [6.07, 6.45) is 15.3. The van der Waals surface area contributed by atoms with E-state index in [0.717, 1.165) is 12.8 Å². The molecule has 1 aromatic rings. The maximum Gasteiger partial charge on any atom is 0.164 e. The Kier molecular flexibility index (Phi) is 9.51. The van der Waals surface area contributed by atoms with E-state index < -0.39 is 0 Å². The molecular formula is C18H29NO2. The number of pyridine rings is 1.